The molecular formula is C21H41N3. The topological polar surface area (TPSA) is 41.6 Å². The molecule has 1 aliphatic rings. The fourth-order valence-corrected chi connectivity index (χ4v) is 3.37. The van der Waals surface area contributed by atoms with E-state index in [4.69, 9.17) is 5.73 Å². The van der Waals surface area contributed by atoms with E-state index >= 15 is 0 Å². The van der Waals surface area contributed by atoms with Crippen LogP contribution in [0.3, 0.4) is 0 Å². The molecule has 0 bridgehead atoms. The highest BCUT2D eigenvalue weighted by molar-refractivity contribution is 5.62. The number of hydrogen-bond acceptors (Lipinski definition) is 3. The second-order valence-corrected chi connectivity index (χ2v) is 7.12. The van der Waals surface area contributed by atoms with Gasteiger partial charge >= 0.3 is 0 Å². The fourth-order valence-electron chi connectivity index (χ4n) is 3.37. The fraction of sp³-hybridized carbons (Fsp3) is 0.857. The van der Waals surface area contributed by atoms with Gasteiger partial charge in [-0.05, 0) is 38.5 Å². The number of nitrogens with two attached hydrogens (primary N) is 1. The summed E-state index contributed by atoms with van der Waals surface area (Å²) < 4.78 is 0. The smallest absolute Gasteiger partial charge is 0.102 e. The van der Waals surface area contributed by atoms with Crippen LogP contribution in [0.1, 0.15) is 90.4 Å². The highest BCUT2D eigenvalue weighted by Gasteiger charge is 2.18. The van der Waals surface area contributed by atoms with Crippen LogP contribution >= 0.6 is 0 Å². The normalized spacial score (nSPS) is 18.2. The lowest BCUT2D eigenvalue weighted by atomic mass is 10.1. The third-order valence-electron chi connectivity index (χ3n) is 4.91. The van der Waals surface area contributed by atoms with Gasteiger partial charge in [0.2, 0.25) is 0 Å². The Balaban J connectivity index is 1.84. The summed E-state index contributed by atoms with van der Waals surface area (Å²) in [5.74, 6) is 0. The molecule has 1 heterocycles. The van der Waals surface area contributed by atoms with Crippen LogP contribution in [0.2, 0.25) is 0 Å². The van der Waals surface area contributed by atoms with E-state index in [0.717, 1.165) is 19.6 Å². The summed E-state index contributed by atoms with van der Waals surface area (Å²) in [6.07, 6.45) is 24.7. The van der Waals surface area contributed by atoms with E-state index in [-0.39, 0.29) is 0 Å². The van der Waals surface area contributed by atoms with Crippen molar-refractivity contribution >= 4 is 6.21 Å². The minimum absolute atomic E-state index is 0.404. The van der Waals surface area contributed by atoms with Gasteiger partial charge in [-0.15, -0.1) is 0 Å². The van der Waals surface area contributed by atoms with Crippen LogP contribution < -0.4 is 5.73 Å². The summed E-state index contributed by atoms with van der Waals surface area (Å²) in [6, 6.07) is 0. The molecule has 0 aromatic carbocycles. The zero-order chi connectivity index (χ0) is 17.3. The van der Waals surface area contributed by atoms with Crippen molar-refractivity contribution in [1.82, 2.24) is 4.90 Å². The first-order chi connectivity index (χ1) is 11.9. The van der Waals surface area contributed by atoms with Crippen molar-refractivity contribution in [1.29, 1.82) is 0 Å². The molecule has 0 aromatic rings. The molecule has 0 saturated heterocycles. The van der Waals surface area contributed by atoms with E-state index in [2.05, 4.69) is 29.0 Å². The van der Waals surface area contributed by atoms with E-state index in [1.54, 1.807) is 0 Å². The first-order valence-corrected chi connectivity index (χ1v) is 10.5. The average molecular weight is 336 g/mol. The van der Waals surface area contributed by atoms with Crippen molar-refractivity contribution in [2.24, 2.45) is 10.7 Å². The zero-order valence-corrected chi connectivity index (χ0v) is 16.1. The Morgan fingerprint density at radius 1 is 0.958 bits per heavy atom. The third kappa shape index (κ3) is 11.0. The molecule has 3 heteroatoms. The first kappa shape index (κ1) is 21.4. The van der Waals surface area contributed by atoms with Crippen molar-refractivity contribution < 1.29 is 0 Å². The molecule has 3 nitrogen and oxygen atoms in total. The van der Waals surface area contributed by atoms with E-state index in [1.807, 2.05) is 6.21 Å². The van der Waals surface area contributed by atoms with Crippen molar-refractivity contribution in [2.75, 3.05) is 19.6 Å². The van der Waals surface area contributed by atoms with E-state index in [0.29, 0.717) is 6.17 Å². The van der Waals surface area contributed by atoms with Crippen LogP contribution in [0, 0.1) is 0 Å². The van der Waals surface area contributed by atoms with Gasteiger partial charge in [0.05, 0.1) is 0 Å². The summed E-state index contributed by atoms with van der Waals surface area (Å²) >= 11 is 0. The Bertz CT molecular complexity index is 325. The third-order valence-corrected chi connectivity index (χ3v) is 4.91. The molecule has 1 aliphatic heterocycles. The molecule has 0 amide bonds. The lowest BCUT2D eigenvalue weighted by Gasteiger charge is -2.21. The number of nitrogens with zero attached hydrogens (tertiary/aromatic N) is 2. The molecule has 0 radical (unpaired) electrons. The highest BCUT2D eigenvalue weighted by Crippen LogP contribution is 2.15. The van der Waals surface area contributed by atoms with Crippen molar-refractivity contribution in [3.05, 3.63) is 12.2 Å². The van der Waals surface area contributed by atoms with Crippen LogP contribution in [-0.4, -0.2) is 36.9 Å². The predicted octanol–water partition coefficient (Wildman–Crippen LogP) is 5.31. The molecule has 0 saturated carbocycles. The summed E-state index contributed by atoms with van der Waals surface area (Å²) in [5, 5.41) is 0. The second-order valence-electron chi connectivity index (χ2n) is 7.12. The maximum Gasteiger partial charge on any atom is 0.102 e. The summed E-state index contributed by atoms with van der Waals surface area (Å²) in [7, 11) is 0. The maximum absolute atomic E-state index is 5.65. The quantitative estimate of drug-likeness (QED) is 0.307. The molecule has 1 unspecified atom stereocenters. The van der Waals surface area contributed by atoms with Crippen LogP contribution in [0.5, 0.6) is 0 Å². The standard InChI is InChI=1S/C21H41N3/c1-2-3-4-5-6-7-8-9-10-11-12-13-14-15-16-21-23-18-20-24(21)19-17-22/h10-11,18,21H,2-9,12-17,19-20,22H2,1H3/b11-10+. The van der Waals surface area contributed by atoms with E-state index in [9.17, 15) is 0 Å². The molecule has 1 rings (SSSR count). The van der Waals surface area contributed by atoms with Gasteiger partial charge in [0, 0.05) is 25.8 Å². The number of allylic oxidation sites excluding steroid dienone is 2. The number of rotatable bonds is 16. The SMILES string of the molecule is CCCCCCCCC/C=C/CCCCCC1N=CCN1CCN. The molecule has 0 spiro atoms. The van der Waals surface area contributed by atoms with Crippen LogP contribution in [0.25, 0.3) is 0 Å². The lowest BCUT2D eigenvalue weighted by molar-refractivity contribution is 0.241. The Morgan fingerprint density at radius 3 is 2.25 bits per heavy atom. The van der Waals surface area contributed by atoms with E-state index < -0.39 is 0 Å². The van der Waals surface area contributed by atoms with Crippen molar-refractivity contribution in [2.45, 2.75) is 96.6 Å². The van der Waals surface area contributed by atoms with Gasteiger partial charge in [0.25, 0.3) is 0 Å². The number of hydrogen-bond donors (Lipinski definition) is 1. The van der Waals surface area contributed by atoms with Crippen molar-refractivity contribution in [3.8, 4) is 0 Å². The number of aliphatic imine (C=N–C) groups is 1. The molecule has 0 aliphatic carbocycles. The molecule has 2 N–H and O–H groups in total. The average Bonchev–Trinajstić information content (AvgIpc) is 3.03. The molecule has 1 atom stereocenters. The summed E-state index contributed by atoms with van der Waals surface area (Å²) in [4.78, 5) is 6.96. The molecular weight excluding hydrogens is 294 g/mol. The molecule has 0 aromatic heterocycles. The highest BCUT2D eigenvalue weighted by atomic mass is 15.3. The van der Waals surface area contributed by atoms with Gasteiger partial charge in [-0.2, -0.15) is 0 Å². The largest absolute Gasteiger partial charge is 0.329 e. The zero-order valence-electron chi connectivity index (χ0n) is 16.1. The minimum Gasteiger partial charge on any atom is -0.329 e. The number of unbranched alkanes of at least 4 members (excludes halogenated alkanes) is 10. The van der Waals surface area contributed by atoms with Gasteiger partial charge in [-0.3, -0.25) is 9.89 Å². The maximum atomic E-state index is 5.65. The summed E-state index contributed by atoms with van der Waals surface area (Å²) in [6.45, 7) is 4.99. The Kier molecular flexibility index (Phi) is 14.1. The Morgan fingerprint density at radius 2 is 1.58 bits per heavy atom. The molecule has 24 heavy (non-hydrogen) atoms. The summed E-state index contributed by atoms with van der Waals surface area (Å²) in [5.41, 5.74) is 5.65. The van der Waals surface area contributed by atoms with Crippen molar-refractivity contribution in [3.63, 3.8) is 0 Å². The van der Waals surface area contributed by atoms with Gasteiger partial charge in [-0.25, -0.2) is 0 Å². The van der Waals surface area contributed by atoms with Crippen LogP contribution in [-0.2, 0) is 0 Å². The van der Waals surface area contributed by atoms with E-state index in [1.165, 1.54) is 83.5 Å². The monoisotopic (exact) mass is 335 g/mol. The van der Waals surface area contributed by atoms with Gasteiger partial charge in [0.15, 0.2) is 0 Å². The lowest BCUT2D eigenvalue weighted by Crippen LogP contribution is -2.34. The molecule has 0 fully saturated rings. The Labute approximate surface area is 150 Å². The molecule has 140 valence electrons. The van der Waals surface area contributed by atoms with Crippen LogP contribution in [0.4, 0.5) is 0 Å². The second kappa shape index (κ2) is 15.8. The Hall–Kier alpha value is -0.670. The minimum atomic E-state index is 0.404. The van der Waals surface area contributed by atoms with Gasteiger partial charge in [0.1, 0.15) is 6.17 Å². The first-order valence-electron chi connectivity index (χ1n) is 10.5. The van der Waals surface area contributed by atoms with Crippen LogP contribution in [0.15, 0.2) is 17.1 Å². The predicted molar refractivity (Wildman–Crippen MR) is 108 cm³/mol. The van der Waals surface area contributed by atoms with Gasteiger partial charge in [-0.1, -0.05) is 64.0 Å². The van der Waals surface area contributed by atoms with Gasteiger partial charge < -0.3 is 5.73 Å².